The number of rotatable bonds is 2. The summed E-state index contributed by atoms with van der Waals surface area (Å²) in [6, 6.07) is 10.6. The van der Waals surface area contributed by atoms with Crippen LogP contribution < -0.4 is 0 Å². The molecule has 1 aromatic carbocycles. The fourth-order valence-electron chi connectivity index (χ4n) is 1.66. The highest BCUT2D eigenvalue weighted by atomic mass is 32.2. The van der Waals surface area contributed by atoms with E-state index in [0.29, 0.717) is 9.10 Å². The van der Waals surface area contributed by atoms with Crippen molar-refractivity contribution < 1.29 is 8.42 Å². The molecule has 0 amide bonds. The molecule has 2 aromatic rings. The minimum absolute atomic E-state index is 0.0546. The van der Waals surface area contributed by atoms with Crippen LogP contribution in [0.3, 0.4) is 0 Å². The van der Waals surface area contributed by atoms with Crippen LogP contribution >= 0.6 is 11.3 Å². The number of thiophene rings is 1. The molecule has 1 heterocycles. The summed E-state index contributed by atoms with van der Waals surface area (Å²) in [6.07, 6.45) is 0. The van der Waals surface area contributed by atoms with Crippen molar-refractivity contribution in [2.24, 2.45) is 0 Å². The Morgan fingerprint density at radius 1 is 1.06 bits per heavy atom. The molecule has 0 N–H and O–H groups in total. The van der Waals surface area contributed by atoms with E-state index < -0.39 is 9.84 Å². The third kappa shape index (κ3) is 2.49. The van der Waals surface area contributed by atoms with Crippen LogP contribution in [0.5, 0.6) is 0 Å². The summed E-state index contributed by atoms with van der Waals surface area (Å²) >= 11 is 1.25. The van der Waals surface area contributed by atoms with Gasteiger partial charge in [0.2, 0.25) is 9.84 Å². The molecule has 0 saturated heterocycles. The molecule has 18 heavy (non-hydrogen) atoms. The van der Waals surface area contributed by atoms with Gasteiger partial charge < -0.3 is 0 Å². The van der Waals surface area contributed by atoms with Gasteiger partial charge in [0.1, 0.15) is 4.21 Å². The van der Waals surface area contributed by atoms with Crippen LogP contribution in [0.4, 0.5) is 0 Å². The van der Waals surface area contributed by atoms with Crippen LogP contribution in [0.1, 0.15) is 26.3 Å². The minimum Gasteiger partial charge on any atom is -0.218 e. The molecule has 2 nitrogen and oxygen atoms in total. The molecular weight excluding hydrogens is 264 g/mol. The Labute approximate surface area is 112 Å². The molecule has 0 fully saturated rings. The van der Waals surface area contributed by atoms with E-state index in [1.165, 1.54) is 11.3 Å². The first-order chi connectivity index (χ1) is 8.32. The molecule has 96 valence electrons. The lowest BCUT2D eigenvalue weighted by Crippen LogP contribution is -2.12. The van der Waals surface area contributed by atoms with Crippen molar-refractivity contribution in [3.63, 3.8) is 0 Å². The van der Waals surface area contributed by atoms with Crippen molar-refractivity contribution in [1.29, 1.82) is 0 Å². The van der Waals surface area contributed by atoms with Crippen molar-refractivity contribution in [3.05, 3.63) is 47.3 Å². The average Bonchev–Trinajstić information content (AvgIpc) is 2.82. The lowest BCUT2D eigenvalue weighted by Gasteiger charge is -2.19. The van der Waals surface area contributed by atoms with Crippen LogP contribution in [-0.4, -0.2) is 8.42 Å². The number of hydrogen-bond acceptors (Lipinski definition) is 3. The van der Waals surface area contributed by atoms with Gasteiger partial charge in [0.15, 0.2) is 0 Å². The van der Waals surface area contributed by atoms with Crippen molar-refractivity contribution in [2.75, 3.05) is 0 Å². The van der Waals surface area contributed by atoms with Crippen molar-refractivity contribution in [2.45, 2.75) is 35.3 Å². The van der Waals surface area contributed by atoms with Gasteiger partial charge >= 0.3 is 0 Å². The average molecular weight is 280 g/mol. The molecule has 0 radical (unpaired) electrons. The third-order valence-electron chi connectivity index (χ3n) is 2.77. The summed E-state index contributed by atoms with van der Waals surface area (Å²) in [6.45, 7) is 6.22. The second-order valence-corrected chi connectivity index (χ2v) is 8.34. The summed E-state index contributed by atoms with van der Waals surface area (Å²) in [5.74, 6) is 0. The van der Waals surface area contributed by atoms with Crippen LogP contribution in [0, 0.1) is 0 Å². The number of sulfone groups is 1. The zero-order valence-electron chi connectivity index (χ0n) is 10.7. The number of benzene rings is 1. The largest absolute Gasteiger partial charge is 0.218 e. The highest BCUT2D eigenvalue weighted by Gasteiger charge is 2.21. The van der Waals surface area contributed by atoms with Crippen LogP contribution in [0.25, 0.3) is 0 Å². The van der Waals surface area contributed by atoms with E-state index in [1.54, 1.807) is 35.7 Å². The van der Waals surface area contributed by atoms with E-state index in [2.05, 4.69) is 20.8 Å². The topological polar surface area (TPSA) is 34.1 Å². The van der Waals surface area contributed by atoms with Gasteiger partial charge in [-0.3, -0.25) is 0 Å². The molecular formula is C14H16O2S2. The SMILES string of the molecule is CC(C)(C)c1cccc(S(=O)(=O)c2cccs2)c1. The molecule has 0 unspecified atom stereocenters. The van der Waals surface area contributed by atoms with Crippen molar-refractivity contribution in [1.82, 2.24) is 0 Å². The second-order valence-electron chi connectivity index (χ2n) is 5.21. The molecule has 2 rings (SSSR count). The fourth-order valence-corrected chi connectivity index (χ4v) is 4.10. The predicted octanol–water partition coefficient (Wildman–Crippen LogP) is 3.88. The van der Waals surface area contributed by atoms with Gasteiger partial charge in [0.05, 0.1) is 4.90 Å². The molecule has 0 spiro atoms. The Kier molecular flexibility index (Phi) is 3.34. The highest BCUT2D eigenvalue weighted by molar-refractivity contribution is 7.93. The number of hydrogen-bond donors (Lipinski definition) is 0. The maximum atomic E-state index is 12.4. The summed E-state index contributed by atoms with van der Waals surface area (Å²) in [5, 5.41) is 1.78. The van der Waals surface area contributed by atoms with E-state index >= 15 is 0 Å². The standard InChI is InChI=1S/C14H16O2S2/c1-14(2,3)11-6-4-7-12(10-11)18(15,16)13-8-5-9-17-13/h4-10H,1-3H3. The second kappa shape index (κ2) is 4.52. The molecule has 0 bridgehead atoms. The molecule has 4 heteroatoms. The Hall–Kier alpha value is -1.13. The van der Waals surface area contributed by atoms with Gasteiger partial charge in [-0.15, -0.1) is 11.3 Å². The highest BCUT2D eigenvalue weighted by Crippen LogP contribution is 2.29. The van der Waals surface area contributed by atoms with Crippen LogP contribution in [0.15, 0.2) is 50.9 Å². The predicted molar refractivity (Wildman–Crippen MR) is 74.9 cm³/mol. The van der Waals surface area contributed by atoms with Crippen LogP contribution in [-0.2, 0) is 15.3 Å². The Morgan fingerprint density at radius 3 is 2.33 bits per heavy atom. The van der Waals surface area contributed by atoms with E-state index in [1.807, 2.05) is 6.07 Å². The maximum Gasteiger partial charge on any atom is 0.215 e. The van der Waals surface area contributed by atoms with E-state index in [0.717, 1.165) is 5.56 Å². The van der Waals surface area contributed by atoms with Gasteiger partial charge in [-0.25, -0.2) is 8.42 Å². The quantitative estimate of drug-likeness (QED) is 0.836. The first-order valence-corrected chi connectivity index (χ1v) is 8.07. The molecule has 0 aliphatic heterocycles. The molecule has 0 aliphatic rings. The third-order valence-corrected chi connectivity index (χ3v) is 5.92. The summed E-state index contributed by atoms with van der Waals surface area (Å²) in [5.41, 5.74) is 0.973. The molecule has 0 saturated carbocycles. The van der Waals surface area contributed by atoms with Crippen molar-refractivity contribution >= 4 is 21.2 Å². The Bertz CT molecular complexity index is 633. The molecule has 0 aliphatic carbocycles. The maximum absolute atomic E-state index is 12.4. The Balaban J connectivity index is 2.54. The molecule has 0 atom stereocenters. The lowest BCUT2D eigenvalue weighted by molar-refractivity contribution is 0.584. The summed E-state index contributed by atoms with van der Waals surface area (Å²) < 4.78 is 25.2. The summed E-state index contributed by atoms with van der Waals surface area (Å²) in [7, 11) is -3.36. The van der Waals surface area contributed by atoms with Gasteiger partial charge in [-0.2, -0.15) is 0 Å². The van der Waals surface area contributed by atoms with Crippen LogP contribution in [0.2, 0.25) is 0 Å². The van der Waals surface area contributed by atoms with E-state index in [-0.39, 0.29) is 5.41 Å². The van der Waals surface area contributed by atoms with E-state index in [4.69, 9.17) is 0 Å². The molecule has 1 aromatic heterocycles. The van der Waals surface area contributed by atoms with Gasteiger partial charge in [-0.05, 0) is 34.6 Å². The minimum atomic E-state index is -3.36. The first-order valence-electron chi connectivity index (χ1n) is 5.71. The van der Waals surface area contributed by atoms with E-state index in [9.17, 15) is 8.42 Å². The Morgan fingerprint density at radius 2 is 1.78 bits per heavy atom. The zero-order valence-corrected chi connectivity index (χ0v) is 12.3. The smallest absolute Gasteiger partial charge is 0.215 e. The zero-order chi connectivity index (χ0) is 13.4. The first kappa shape index (κ1) is 13.3. The summed E-state index contributed by atoms with van der Waals surface area (Å²) in [4.78, 5) is 0.373. The lowest BCUT2D eigenvalue weighted by atomic mass is 9.87. The fraction of sp³-hybridized carbons (Fsp3) is 0.286. The van der Waals surface area contributed by atoms with Gasteiger partial charge in [0.25, 0.3) is 0 Å². The van der Waals surface area contributed by atoms with Gasteiger partial charge in [-0.1, -0.05) is 39.0 Å². The van der Waals surface area contributed by atoms with Crippen molar-refractivity contribution in [3.8, 4) is 0 Å². The van der Waals surface area contributed by atoms with Gasteiger partial charge in [0, 0.05) is 0 Å². The normalized spacial score (nSPS) is 12.6. The monoisotopic (exact) mass is 280 g/mol.